The Morgan fingerprint density at radius 1 is 1.19 bits per heavy atom. The number of anilines is 1. The van der Waals surface area contributed by atoms with E-state index in [9.17, 15) is 9.59 Å². The minimum Gasteiger partial charge on any atom is -0.463 e. The number of furan rings is 1. The first-order valence-electron chi connectivity index (χ1n) is 9.64. The summed E-state index contributed by atoms with van der Waals surface area (Å²) >= 11 is 5.96. The maximum Gasteiger partial charge on any atom is 0.376 e. The number of hydrogen-bond acceptors (Lipinski definition) is 9. The number of pyridine rings is 1. The Morgan fingerprint density at radius 2 is 2.03 bits per heavy atom. The molecule has 0 saturated carbocycles. The van der Waals surface area contributed by atoms with Crippen LogP contribution in [-0.4, -0.2) is 46.5 Å². The van der Waals surface area contributed by atoms with E-state index in [1.165, 1.54) is 13.2 Å². The van der Waals surface area contributed by atoms with Gasteiger partial charge in [-0.3, -0.25) is 4.79 Å². The number of ether oxygens (including phenoxy) is 2. The number of nitrogens with one attached hydrogen (secondary N) is 2. The predicted octanol–water partition coefficient (Wildman–Crippen LogP) is 3.55. The molecule has 0 aliphatic carbocycles. The van der Waals surface area contributed by atoms with Crippen LogP contribution in [0.1, 0.15) is 28.1 Å². The van der Waals surface area contributed by atoms with Gasteiger partial charge in [-0.15, -0.1) is 0 Å². The average Bonchev–Trinajstić information content (AvgIpc) is 3.09. The summed E-state index contributed by atoms with van der Waals surface area (Å²) < 4.78 is 16.1. The Morgan fingerprint density at radius 3 is 2.84 bits per heavy atom. The van der Waals surface area contributed by atoms with Gasteiger partial charge in [0.2, 0.25) is 23.3 Å². The largest absolute Gasteiger partial charge is 0.463 e. The van der Waals surface area contributed by atoms with Crippen molar-refractivity contribution in [1.82, 2.24) is 20.3 Å². The lowest BCUT2D eigenvalue weighted by Gasteiger charge is -2.10. The zero-order valence-electron chi connectivity index (χ0n) is 16.9. The fourth-order valence-corrected chi connectivity index (χ4v) is 3.68. The van der Waals surface area contributed by atoms with Crippen LogP contribution in [0.25, 0.3) is 21.9 Å². The summed E-state index contributed by atoms with van der Waals surface area (Å²) in [6, 6.07) is 8.30. The molecule has 1 aliphatic heterocycles. The number of amides is 1. The second kappa shape index (κ2) is 7.65. The van der Waals surface area contributed by atoms with Crippen LogP contribution >= 0.6 is 11.6 Å². The highest BCUT2D eigenvalue weighted by atomic mass is 35.5. The minimum absolute atomic E-state index is 0.0255. The van der Waals surface area contributed by atoms with Gasteiger partial charge in [-0.05, 0) is 25.1 Å². The molecule has 0 fully saturated rings. The van der Waals surface area contributed by atoms with Crippen molar-refractivity contribution in [2.75, 3.05) is 19.0 Å². The van der Waals surface area contributed by atoms with Gasteiger partial charge in [0.15, 0.2) is 0 Å². The molecule has 11 heteroatoms. The molecule has 1 amide bonds. The number of fused-ring (bicyclic) bond motifs is 5. The van der Waals surface area contributed by atoms with Crippen molar-refractivity contribution < 1.29 is 23.5 Å². The molecule has 4 heterocycles. The van der Waals surface area contributed by atoms with Crippen molar-refractivity contribution in [3.05, 3.63) is 47.1 Å². The van der Waals surface area contributed by atoms with E-state index >= 15 is 0 Å². The lowest BCUT2D eigenvalue weighted by Crippen LogP contribution is -2.34. The smallest absolute Gasteiger partial charge is 0.376 e. The highest BCUT2D eigenvalue weighted by molar-refractivity contribution is 6.29. The van der Waals surface area contributed by atoms with E-state index in [-0.39, 0.29) is 40.4 Å². The first-order chi connectivity index (χ1) is 15.4. The molecule has 0 bridgehead atoms. The molecule has 162 valence electrons. The van der Waals surface area contributed by atoms with Gasteiger partial charge in [-0.2, -0.15) is 4.98 Å². The molecular weight excluding hydrogens is 438 g/mol. The van der Waals surface area contributed by atoms with Crippen LogP contribution in [0.3, 0.4) is 0 Å². The maximum atomic E-state index is 12.5. The van der Waals surface area contributed by atoms with E-state index in [1.807, 2.05) is 13.0 Å². The van der Waals surface area contributed by atoms with E-state index in [0.717, 1.165) is 10.8 Å². The molecule has 4 aromatic rings. The number of esters is 1. The van der Waals surface area contributed by atoms with Gasteiger partial charge < -0.3 is 24.5 Å². The molecule has 3 aromatic heterocycles. The lowest BCUT2D eigenvalue weighted by molar-refractivity contribution is 0.0585. The Kier molecular flexibility index (Phi) is 4.78. The van der Waals surface area contributed by atoms with Crippen molar-refractivity contribution in [2.45, 2.75) is 13.0 Å². The van der Waals surface area contributed by atoms with Crippen molar-refractivity contribution in [1.29, 1.82) is 0 Å². The van der Waals surface area contributed by atoms with Crippen LogP contribution < -0.4 is 15.4 Å². The van der Waals surface area contributed by atoms with Gasteiger partial charge in [-0.1, -0.05) is 11.6 Å². The van der Waals surface area contributed by atoms with Crippen molar-refractivity contribution in [3.8, 4) is 11.8 Å². The molecule has 10 nitrogen and oxygen atoms in total. The SMILES string of the molecule is COC(=O)c1nc(Cl)cc(Oc2ccc3c(ccc4oc5c(c43)NCC(C)NC5=O)n2)n1. The van der Waals surface area contributed by atoms with Crippen molar-refractivity contribution in [2.24, 2.45) is 0 Å². The quantitative estimate of drug-likeness (QED) is 0.353. The fourth-order valence-electron chi connectivity index (χ4n) is 3.50. The third kappa shape index (κ3) is 3.44. The molecule has 1 unspecified atom stereocenters. The highest BCUT2D eigenvalue weighted by Crippen LogP contribution is 2.37. The molecule has 0 radical (unpaired) electrons. The zero-order valence-corrected chi connectivity index (χ0v) is 17.7. The number of carbonyl (C=O) groups is 2. The third-order valence-corrected chi connectivity index (χ3v) is 5.11. The molecule has 1 aromatic carbocycles. The normalized spacial score (nSPS) is 15.6. The summed E-state index contributed by atoms with van der Waals surface area (Å²) in [6.07, 6.45) is 0. The van der Waals surface area contributed by atoms with Crippen LogP contribution in [0, 0.1) is 0 Å². The van der Waals surface area contributed by atoms with E-state index in [1.54, 1.807) is 18.2 Å². The average molecular weight is 454 g/mol. The Hall–Kier alpha value is -3.92. The van der Waals surface area contributed by atoms with E-state index in [2.05, 4.69) is 30.3 Å². The lowest BCUT2D eigenvalue weighted by atomic mass is 10.1. The Bertz CT molecular complexity index is 1400. The topological polar surface area (TPSA) is 128 Å². The number of halogens is 1. The molecule has 32 heavy (non-hydrogen) atoms. The second-order valence-electron chi connectivity index (χ2n) is 7.16. The standard InChI is InChI=1S/C21H16ClN5O5/c1-9-8-23-17-16-10-3-6-14(32-15-7-13(22)26-19(27-15)21(29)30-2)25-11(10)4-5-12(16)31-18(17)20(28)24-9/h3-7,9,23H,8H2,1-2H3,(H,24,28). The number of nitrogens with zero attached hydrogens (tertiary/aromatic N) is 3. The van der Waals surface area contributed by atoms with Gasteiger partial charge in [0.05, 0.1) is 23.7 Å². The van der Waals surface area contributed by atoms with Gasteiger partial charge in [0.25, 0.3) is 5.91 Å². The molecule has 0 saturated heterocycles. The van der Waals surface area contributed by atoms with Gasteiger partial charge in [0.1, 0.15) is 10.7 Å². The zero-order chi connectivity index (χ0) is 22.4. The van der Waals surface area contributed by atoms with Crippen LogP contribution in [0.4, 0.5) is 5.69 Å². The fraction of sp³-hybridized carbons (Fsp3) is 0.190. The molecule has 0 spiro atoms. The summed E-state index contributed by atoms with van der Waals surface area (Å²) in [4.78, 5) is 36.5. The number of aromatic nitrogens is 3. The van der Waals surface area contributed by atoms with Gasteiger partial charge >= 0.3 is 5.97 Å². The second-order valence-corrected chi connectivity index (χ2v) is 7.55. The molecule has 5 rings (SSSR count). The Labute approximate surface area is 185 Å². The first-order valence-corrected chi connectivity index (χ1v) is 10.0. The van der Waals surface area contributed by atoms with Crippen molar-refractivity contribution >= 4 is 51.0 Å². The first kappa shape index (κ1) is 20.0. The van der Waals surface area contributed by atoms with E-state index in [0.29, 0.717) is 23.3 Å². The monoisotopic (exact) mass is 453 g/mol. The van der Waals surface area contributed by atoms with Crippen LogP contribution in [0.15, 0.2) is 34.7 Å². The summed E-state index contributed by atoms with van der Waals surface area (Å²) in [5, 5.41) is 7.74. The van der Waals surface area contributed by atoms with Crippen molar-refractivity contribution in [3.63, 3.8) is 0 Å². The molecular formula is C21H16ClN5O5. The van der Waals surface area contributed by atoms with E-state index < -0.39 is 5.97 Å². The molecule has 2 N–H and O–H groups in total. The number of benzene rings is 1. The predicted molar refractivity (Wildman–Crippen MR) is 115 cm³/mol. The third-order valence-electron chi connectivity index (χ3n) is 4.91. The summed E-state index contributed by atoms with van der Waals surface area (Å²) in [5.41, 5.74) is 1.82. The highest BCUT2D eigenvalue weighted by Gasteiger charge is 2.26. The maximum absolute atomic E-state index is 12.5. The van der Waals surface area contributed by atoms with Crippen LogP contribution in [0.5, 0.6) is 11.8 Å². The number of carbonyl (C=O) groups excluding carboxylic acids is 2. The number of rotatable bonds is 3. The summed E-state index contributed by atoms with van der Waals surface area (Å²) in [5.74, 6) is -0.714. The number of hydrogen-bond donors (Lipinski definition) is 2. The summed E-state index contributed by atoms with van der Waals surface area (Å²) in [6.45, 7) is 2.47. The van der Waals surface area contributed by atoms with Gasteiger partial charge in [0, 0.05) is 30.1 Å². The molecule has 1 atom stereocenters. The van der Waals surface area contributed by atoms with Crippen LogP contribution in [-0.2, 0) is 4.74 Å². The van der Waals surface area contributed by atoms with E-state index in [4.69, 9.17) is 20.8 Å². The minimum atomic E-state index is -0.738. The van der Waals surface area contributed by atoms with Gasteiger partial charge in [-0.25, -0.2) is 14.8 Å². The summed E-state index contributed by atoms with van der Waals surface area (Å²) in [7, 11) is 1.22. The Balaban J connectivity index is 1.56. The molecule has 1 aliphatic rings. The van der Waals surface area contributed by atoms with Crippen LogP contribution in [0.2, 0.25) is 5.15 Å². The number of methoxy groups -OCH3 is 1.